The fourth-order valence-corrected chi connectivity index (χ4v) is 5.33. The summed E-state index contributed by atoms with van der Waals surface area (Å²) >= 11 is 5.71. The molecule has 0 spiro atoms. The molecule has 3 rings (SSSR count). The van der Waals surface area contributed by atoms with Crippen molar-refractivity contribution < 1.29 is 17.9 Å². The second-order valence-corrected chi connectivity index (χ2v) is 8.71. The minimum Gasteiger partial charge on any atom is -0.432 e. The number of aryl methyl sites for hydroxylation is 1. The van der Waals surface area contributed by atoms with Gasteiger partial charge >= 0.3 is 6.61 Å². The summed E-state index contributed by atoms with van der Waals surface area (Å²) in [7, 11) is 0. The zero-order chi connectivity index (χ0) is 19.9. The molecule has 0 bridgehead atoms. The van der Waals surface area contributed by atoms with E-state index >= 15 is 0 Å². The highest BCUT2D eigenvalue weighted by atomic mass is 35.5. The van der Waals surface area contributed by atoms with Gasteiger partial charge < -0.3 is 4.74 Å². The second kappa shape index (κ2) is 10.6. The summed E-state index contributed by atoms with van der Waals surface area (Å²) in [5, 5.41) is 0. The van der Waals surface area contributed by atoms with Crippen molar-refractivity contribution in [3.8, 4) is 5.75 Å². The number of rotatable bonds is 7. The molecule has 1 nitrogen and oxygen atoms in total. The van der Waals surface area contributed by atoms with Crippen molar-refractivity contribution in [3.63, 3.8) is 0 Å². The van der Waals surface area contributed by atoms with Gasteiger partial charge in [-0.15, -0.1) is 0 Å². The van der Waals surface area contributed by atoms with E-state index in [4.69, 9.17) is 11.6 Å². The van der Waals surface area contributed by atoms with Crippen LogP contribution in [0.15, 0.2) is 29.8 Å². The first kappa shape index (κ1) is 21.5. The molecule has 2 aliphatic carbocycles. The van der Waals surface area contributed by atoms with Gasteiger partial charge in [-0.25, -0.2) is 4.39 Å². The predicted octanol–water partition coefficient (Wildman–Crippen LogP) is 7.73. The van der Waals surface area contributed by atoms with Crippen molar-refractivity contribution in [1.29, 1.82) is 0 Å². The third-order valence-electron chi connectivity index (χ3n) is 6.77. The third kappa shape index (κ3) is 6.17. The minimum atomic E-state index is -3.00. The van der Waals surface area contributed by atoms with Crippen molar-refractivity contribution in [2.75, 3.05) is 0 Å². The number of alkyl halides is 2. The topological polar surface area (TPSA) is 9.23 Å². The van der Waals surface area contributed by atoms with Crippen LogP contribution < -0.4 is 4.74 Å². The summed E-state index contributed by atoms with van der Waals surface area (Å²) in [5.74, 6) is 2.00. The van der Waals surface area contributed by atoms with E-state index in [1.165, 1.54) is 63.5 Å². The molecular weight excluding hydrogens is 385 g/mol. The Labute approximate surface area is 171 Å². The van der Waals surface area contributed by atoms with Gasteiger partial charge in [0.05, 0.1) is 0 Å². The van der Waals surface area contributed by atoms with Gasteiger partial charge in [0, 0.05) is 5.54 Å². The lowest BCUT2D eigenvalue weighted by molar-refractivity contribution is -0.0522. The van der Waals surface area contributed by atoms with Gasteiger partial charge in [0.25, 0.3) is 0 Å². The lowest BCUT2D eigenvalue weighted by Crippen LogP contribution is -2.25. The Hall–Kier alpha value is -1.16. The zero-order valence-electron chi connectivity index (χ0n) is 16.3. The predicted molar refractivity (Wildman–Crippen MR) is 107 cm³/mol. The van der Waals surface area contributed by atoms with Gasteiger partial charge in [0.1, 0.15) is 0 Å². The second-order valence-electron chi connectivity index (χ2n) is 8.46. The lowest BCUT2D eigenvalue weighted by atomic mass is 9.68. The Bertz CT molecular complexity index is 633. The van der Waals surface area contributed by atoms with Gasteiger partial charge in [0.15, 0.2) is 11.6 Å². The molecule has 0 atom stereocenters. The number of ether oxygens (including phenoxy) is 1. The van der Waals surface area contributed by atoms with Crippen LogP contribution in [-0.4, -0.2) is 6.61 Å². The number of hydrogen-bond acceptors (Lipinski definition) is 1. The smallest absolute Gasteiger partial charge is 0.387 e. The van der Waals surface area contributed by atoms with Crippen LogP contribution in [0.2, 0.25) is 0 Å². The summed E-state index contributed by atoms with van der Waals surface area (Å²) in [4.78, 5) is 0. The van der Waals surface area contributed by atoms with Gasteiger partial charge in [-0.3, -0.25) is 0 Å². The summed E-state index contributed by atoms with van der Waals surface area (Å²) in [6.45, 7) is -3.00. The Morgan fingerprint density at radius 3 is 2.21 bits per heavy atom. The zero-order valence-corrected chi connectivity index (χ0v) is 17.0. The number of halogens is 4. The fourth-order valence-electron chi connectivity index (χ4n) is 5.12. The Morgan fingerprint density at radius 2 is 1.64 bits per heavy atom. The lowest BCUT2D eigenvalue weighted by Gasteiger charge is -2.37. The van der Waals surface area contributed by atoms with Crippen LogP contribution in [-0.2, 0) is 6.42 Å². The van der Waals surface area contributed by atoms with Crippen molar-refractivity contribution in [1.82, 2.24) is 0 Å². The summed E-state index contributed by atoms with van der Waals surface area (Å²) < 4.78 is 42.4. The molecule has 28 heavy (non-hydrogen) atoms. The highest BCUT2D eigenvalue weighted by molar-refractivity contribution is 6.25. The molecule has 2 fully saturated rings. The maximum absolute atomic E-state index is 13.8. The van der Waals surface area contributed by atoms with E-state index in [1.807, 2.05) is 0 Å². The van der Waals surface area contributed by atoms with Crippen LogP contribution in [0.1, 0.15) is 63.4 Å². The van der Waals surface area contributed by atoms with Crippen LogP contribution in [0.5, 0.6) is 5.75 Å². The molecule has 2 saturated carbocycles. The normalized spacial score (nSPS) is 28.8. The number of allylic oxidation sites excluding steroid dienone is 1. The molecular formula is C23H30ClF3O. The Balaban J connectivity index is 1.39. The first-order chi connectivity index (χ1) is 13.5. The maximum atomic E-state index is 13.8. The number of hydrogen-bond donors (Lipinski definition) is 0. The van der Waals surface area contributed by atoms with Crippen LogP contribution in [0.3, 0.4) is 0 Å². The fraction of sp³-hybridized carbons (Fsp3) is 0.652. The summed E-state index contributed by atoms with van der Waals surface area (Å²) in [6.07, 6.45) is 14.3. The molecule has 0 aliphatic heterocycles. The van der Waals surface area contributed by atoms with Crippen molar-refractivity contribution in [2.24, 2.45) is 23.7 Å². The van der Waals surface area contributed by atoms with E-state index in [-0.39, 0.29) is 5.75 Å². The average Bonchev–Trinajstić information content (AvgIpc) is 2.69. The highest BCUT2D eigenvalue weighted by Crippen LogP contribution is 2.42. The van der Waals surface area contributed by atoms with Gasteiger partial charge in [-0.2, -0.15) is 8.78 Å². The Kier molecular flexibility index (Phi) is 8.13. The third-order valence-corrected chi connectivity index (χ3v) is 6.92. The molecule has 0 radical (unpaired) electrons. The standard InChI is InChI=1S/C23H30ClF3O/c24-14-13-17-5-10-20(11-6-17)19-8-3-16(4-9-19)1-2-18-7-12-22(21(25)15-18)28-23(26)27/h7,12-17,19-20,23H,1-6,8-11H2/b14-13+. The van der Waals surface area contributed by atoms with Crippen LogP contribution in [0.25, 0.3) is 0 Å². The van der Waals surface area contributed by atoms with Gasteiger partial charge in [-0.05, 0) is 92.7 Å². The van der Waals surface area contributed by atoms with Gasteiger partial charge in [-0.1, -0.05) is 36.6 Å². The van der Waals surface area contributed by atoms with Crippen LogP contribution in [0.4, 0.5) is 13.2 Å². The van der Waals surface area contributed by atoms with Crippen LogP contribution >= 0.6 is 11.6 Å². The van der Waals surface area contributed by atoms with Gasteiger partial charge in [0.2, 0.25) is 0 Å². The quantitative estimate of drug-likeness (QED) is 0.443. The Morgan fingerprint density at radius 1 is 1.00 bits per heavy atom. The molecule has 0 saturated heterocycles. The molecule has 5 heteroatoms. The molecule has 0 aromatic heterocycles. The summed E-state index contributed by atoms with van der Waals surface area (Å²) in [5.41, 5.74) is 2.52. The van der Waals surface area contributed by atoms with Crippen molar-refractivity contribution in [2.45, 2.75) is 70.8 Å². The minimum absolute atomic E-state index is 0.379. The van der Waals surface area contributed by atoms with E-state index in [0.29, 0.717) is 11.8 Å². The van der Waals surface area contributed by atoms with E-state index in [1.54, 1.807) is 11.6 Å². The van der Waals surface area contributed by atoms with Crippen molar-refractivity contribution >= 4 is 11.6 Å². The van der Waals surface area contributed by atoms with E-state index < -0.39 is 12.4 Å². The van der Waals surface area contributed by atoms with E-state index in [9.17, 15) is 13.2 Å². The SMILES string of the molecule is Fc1cc(CCC2CCC(C3CCC(/C=C/Cl)CC3)CC2)ccc1OC(F)F. The molecule has 0 N–H and O–H groups in total. The molecule has 156 valence electrons. The summed E-state index contributed by atoms with van der Waals surface area (Å²) in [6, 6.07) is 4.33. The molecule has 1 aromatic rings. The molecule has 1 aromatic carbocycles. The van der Waals surface area contributed by atoms with E-state index in [2.05, 4.69) is 10.8 Å². The molecule has 2 aliphatic rings. The number of benzene rings is 1. The first-order valence-corrected chi connectivity index (χ1v) is 11.0. The van der Waals surface area contributed by atoms with Crippen molar-refractivity contribution in [3.05, 3.63) is 41.2 Å². The highest BCUT2D eigenvalue weighted by Gasteiger charge is 2.30. The molecule has 0 heterocycles. The molecule has 0 unspecified atom stereocenters. The largest absolute Gasteiger partial charge is 0.432 e. The monoisotopic (exact) mass is 414 g/mol. The van der Waals surface area contributed by atoms with Crippen LogP contribution in [0, 0.1) is 29.5 Å². The maximum Gasteiger partial charge on any atom is 0.387 e. The first-order valence-electron chi connectivity index (χ1n) is 10.5. The van der Waals surface area contributed by atoms with E-state index in [0.717, 1.165) is 30.2 Å². The average molecular weight is 415 g/mol. The molecule has 0 amide bonds.